The minimum absolute atomic E-state index is 0.0359. The molecular weight excluding hydrogens is 404 g/mol. The lowest BCUT2D eigenvalue weighted by Gasteiger charge is -2.35. The number of amides is 1. The molecule has 168 valence electrons. The van der Waals surface area contributed by atoms with Crippen molar-refractivity contribution in [2.45, 2.75) is 51.4 Å². The number of fused-ring (bicyclic) bond motifs is 4. The van der Waals surface area contributed by atoms with Crippen LogP contribution in [0.25, 0.3) is 0 Å². The quantitative estimate of drug-likeness (QED) is 0.790. The third-order valence-corrected chi connectivity index (χ3v) is 7.93. The third kappa shape index (κ3) is 2.92. The smallest absolute Gasteiger partial charge is 0.231 e. The van der Waals surface area contributed by atoms with Gasteiger partial charge < -0.3 is 19.5 Å². The van der Waals surface area contributed by atoms with Gasteiger partial charge in [0.2, 0.25) is 12.7 Å². The first-order chi connectivity index (χ1) is 15.5. The molecule has 2 aromatic carbocycles. The lowest BCUT2D eigenvalue weighted by Crippen LogP contribution is -2.44. The van der Waals surface area contributed by atoms with Crippen molar-refractivity contribution in [3.8, 4) is 17.2 Å². The minimum atomic E-state index is -0.0359. The fourth-order valence-corrected chi connectivity index (χ4v) is 6.81. The van der Waals surface area contributed by atoms with Crippen LogP contribution in [0.1, 0.15) is 43.9 Å². The fourth-order valence-electron chi connectivity index (χ4n) is 6.81. The second-order valence-corrected chi connectivity index (χ2v) is 9.98. The van der Waals surface area contributed by atoms with Gasteiger partial charge in [-0.15, -0.1) is 0 Å². The molecule has 0 radical (unpaired) electrons. The Balaban J connectivity index is 1.37. The maximum Gasteiger partial charge on any atom is 0.231 e. The zero-order chi connectivity index (χ0) is 22.0. The lowest BCUT2D eigenvalue weighted by molar-refractivity contribution is -0.134. The fraction of sp³-hybridized carbons (Fsp3) is 0.500. The van der Waals surface area contributed by atoms with Gasteiger partial charge in [-0.05, 0) is 60.7 Å². The first-order valence-corrected chi connectivity index (χ1v) is 11.8. The monoisotopic (exact) mass is 434 g/mol. The largest absolute Gasteiger partial charge is 0.508 e. The Morgan fingerprint density at radius 1 is 1.09 bits per heavy atom. The Labute approximate surface area is 188 Å². The van der Waals surface area contributed by atoms with Gasteiger partial charge in [-0.3, -0.25) is 9.69 Å². The third-order valence-electron chi connectivity index (χ3n) is 7.93. The summed E-state index contributed by atoms with van der Waals surface area (Å²) in [4.78, 5) is 18.7. The van der Waals surface area contributed by atoms with Gasteiger partial charge in [-0.25, -0.2) is 0 Å². The number of nitrogens with zero attached hydrogens (tertiary/aromatic N) is 2. The standard InChI is InChI=1S/C26H30N2O4/c1-15(2)24-22-19-4-3-11-27(19)25(17-6-8-18(29)9-7-17)23(22)26(30)28(24)13-16-5-10-20-21(12-16)32-14-31-20/h5-10,12,15,19,22-25,29H,3-4,11,13-14H2,1-2H3/t19-,22-,23-,24+,25-/m0/s1. The number of ether oxygens (including phenoxy) is 2. The number of phenolic OH excluding ortho intramolecular Hbond substituents is 1. The summed E-state index contributed by atoms with van der Waals surface area (Å²) in [6.07, 6.45) is 2.34. The summed E-state index contributed by atoms with van der Waals surface area (Å²) in [7, 11) is 0. The van der Waals surface area contributed by atoms with Gasteiger partial charge in [0.25, 0.3) is 0 Å². The van der Waals surface area contributed by atoms with Crippen molar-refractivity contribution in [2.75, 3.05) is 13.3 Å². The van der Waals surface area contributed by atoms with Gasteiger partial charge in [0.05, 0.1) is 5.92 Å². The van der Waals surface area contributed by atoms with Crippen molar-refractivity contribution in [3.63, 3.8) is 0 Å². The van der Waals surface area contributed by atoms with Crippen LogP contribution in [0.15, 0.2) is 42.5 Å². The van der Waals surface area contributed by atoms with Crippen LogP contribution in [-0.2, 0) is 11.3 Å². The van der Waals surface area contributed by atoms with Gasteiger partial charge in [-0.1, -0.05) is 32.0 Å². The van der Waals surface area contributed by atoms with Gasteiger partial charge in [0.15, 0.2) is 11.5 Å². The molecule has 4 aliphatic rings. The average molecular weight is 435 g/mol. The number of hydrogen-bond acceptors (Lipinski definition) is 5. The van der Waals surface area contributed by atoms with E-state index in [4.69, 9.17) is 9.47 Å². The summed E-state index contributed by atoms with van der Waals surface area (Å²) in [6, 6.07) is 14.2. The maximum absolute atomic E-state index is 14.0. The Hall–Kier alpha value is -2.73. The van der Waals surface area contributed by atoms with Crippen LogP contribution in [0.2, 0.25) is 0 Å². The highest BCUT2D eigenvalue weighted by atomic mass is 16.7. The molecule has 0 spiro atoms. The molecule has 32 heavy (non-hydrogen) atoms. The van der Waals surface area contributed by atoms with Crippen molar-refractivity contribution in [1.29, 1.82) is 0 Å². The number of rotatable bonds is 4. The van der Waals surface area contributed by atoms with E-state index in [1.807, 2.05) is 30.3 Å². The SMILES string of the molecule is CC(C)[C@@H]1[C@@H]2[C@H](C(=O)N1Cc1ccc3c(c1)OCO3)[C@H](c1ccc(O)cc1)N1CCC[C@@H]21. The van der Waals surface area contributed by atoms with E-state index >= 15 is 0 Å². The summed E-state index contributed by atoms with van der Waals surface area (Å²) in [5, 5.41) is 9.81. The van der Waals surface area contributed by atoms with E-state index in [1.165, 1.54) is 6.42 Å². The van der Waals surface area contributed by atoms with Crippen LogP contribution in [-0.4, -0.2) is 46.2 Å². The van der Waals surface area contributed by atoms with E-state index in [0.29, 0.717) is 24.4 Å². The van der Waals surface area contributed by atoms with Crippen LogP contribution < -0.4 is 9.47 Å². The van der Waals surface area contributed by atoms with Gasteiger partial charge in [-0.2, -0.15) is 0 Å². The second-order valence-electron chi connectivity index (χ2n) is 9.98. The molecule has 4 heterocycles. The molecule has 3 saturated heterocycles. The minimum Gasteiger partial charge on any atom is -0.508 e. The van der Waals surface area contributed by atoms with Crippen molar-refractivity contribution < 1.29 is 19.4 Å². The number of phenols is 1. The van der Waals surface area contributed by atoms with E-state index in [9.17, 15) is 9.90 Å². The van der Waals surface area contributed by atoms with Crippen molar-refractivity contribution in [2.24, 2.45) is 17.8 Å². The molecule has 6 rings (SSSR count). The lowest BCUT2D eigenvalue weighted by atomic mass is 9.79. The van der Waals surface area contributed by atoms with Gasteiger partial charge in [0, 0.05) is 30.6 Å². The predicted octanol–water partition coefficient (Wildman–Crippen LogP) is 3.94. The zero-order valence-corrected chi connectivity index (χ0v) is 18.6. The van der Waals surface area contributed by atoms with E-state index in [2.05, 4.69) is 23.6 Å². The Kier molecular flexibility index (Phi) is 4.61. The number of carbonyl (C=O) groups is 1. The Morgan fingerprint density at radius 2 is 1.88 bits per heavy atom. The maximum atomic E-state index is 14.0. The summed E-state index contributed by atoms with van der Waals surface area (Å²) < 4.78 is 11.0. The summed E-state index contributed by atoms with van der Waals surface area (Å²) >= 11 is 0. The zero-order valence-electron chi connectivity index (χ0n) is 18.6. The highest BCUT2D eigenvalue weighted by molar-refractivity contribution is 5.84. The topological polar surface area (TPSA) is 62.2 Å². The molecule has 2 aromatic rings. The Bertz CT molecular complexity index is 1040. The van der Waals surface area contributed by atoms with E-state index < -0.39 is 0 Å². The highest BCUT2D eigenvalue weighted by Crippen LogP contribution is 2.56. The molecule has 0 unspecified atom stereocenters. The van der Waals surface area contributed by atoms with Crippen LogP contribution >= 0.6 is 0 Å². The molecule has 3 fully saturated rings. The first-order valence-electron chi connectivity index (χ1n) is 11.8. The summed E-state index contributed by atoms with van der Waals surface area (Å²) in [5.41, 5.74) is 2.22. The van der Waals surface area contributed by atoms with E-state index in [0.717, 1.165) is 35.6 Å². The van der Waals surface area contributed by atoms with E-state index in [1.54, 1.807) is 12.1 Å². The van der Waals surface area contributed by atoms with Crippen LogP contribution in [0.4, 0.5) is 0 Å². The molecule has 1 amide bonds. The van der Waals surface area contributed by atoms with Gasteiger partial charge in [0.1, 0.15) is 5.75 Å². The second kappa shape index (κ2) is 7.41. The average Bonchev–Trinajstić information content (AvgIpc) is 3.52. The van der Waals surface area contributed by atoms with Gasteiger partial charge >= 0.3 is 0 Å². The van der Waals surface area contributed by atoms with Crippen LogP contribution in [0, 0.1) is 17.8 Å². The first kappa shape index (κ1) is 19.9. The molecule has 5 atom stereocenters. The van der Waals surface area contributed by atoms with Crippen molar-refractivity contribution in [3.05, 3.63) is 53.6 Å². The van der Waals surface area contributed by atoms with Crippen molar-refractivity contribution >= 4 is 5.91 Å². The number of carbonyl (C=O) groups excluding carboxylic acids is 1. The number of likely N-dealkylation sites (tertiary alicyclic amines) is 1. The Morgan fingerprint density at radius 3 is 2.66 bits per heavy atom. The van der Waals surface area contributed by atoms with Crippen LogP contribution in [0.5, 0.6) is 17.2 Å². The number of hydrogen-bond donors (Lipinski definition) is 1. The van der Waals surface area contributed by atoms with E-state index in [-0.39, 0.29) is 36.5 Å². The summed E-state index contributed by atoms with van der Waals surface area (Å²) in [5.74, 6) is 2.74. The highest BCUT2D eigenvalue weighted by Gasteiger charge is 2.62. The van der Waals surface area contributed by atoms with Crippen molar-refractivity contribution in [1.82, 2.24) is 9.80 Å². The molecule has 6 heteroatoms. The predicted molar refractivity (Wildman–Crippen MR) is 119 cm³/mol. The molecule has 0 bridgehead atoms. The number of benzene rings is 2. The molecule has 1 N–H and O–H groups in total. The molecule has 0 aromatic heterocycles. The molecule has 6 nitrogen and oxygen atoms in total. The molecule has 4 aliphatic heterocycles. The molecule has 0 saturated carbocycles. The number of aromatic hydroxyl groups is 1. The normalized spacial score (nSPS) is 30.9. The molecule has 0 aliphatic carbocycles. The molecular formula is C26H30N2O4. The van der Waals surface area contributed by atoms with Crippen LogP contribution in [0.3, 0.4) is 0 Å². The summed E-state index contributed by atoms with van der Waals surface area (Å²) in [6.45, 7) is 6.40.